The molecule has 0 aromatic heterocycles. The summed E-state index contributed by atoms with van der Waals surface area (Å²) in [6, 6.07) is -0.0429. The summed E-state index contributed by atoms with van der Waals surface area (Å²) < 4.78 is 5.41. The highest BCUT2D eigenvalue weighted by Gasteiger charge is 2.21. The molecular weight excluding hydrogens is 272 g/mol. The number of carboxylic acid groups (broad SMARTS) is 1. The van der Waals surface area contributed by atoms with Crippen LogP contribution in [0.4, 0.5) is 4.79 Å². The summed E-state index contributed by atoms with van der Waals surface area (Å²) >= 11 is 0. The molecule has 1 saturated heterocycles. The van der Waals surface area contributed by atoms with Gasteiger partial charge >= 0.3 is 12.0 Å². The number of nitrogens with zero attached hydrogens (tertiary/aromatic N) is 1. The molecule has 0 saturated carbocycles. The van der Waals surface area contributed by atoms with Crippen LogP contribution in [0.15, 0.2) is 0 Å². The van der Waals surface area contributed by atoms with E-state index in [4.69, 9.17) is 9.84 Å². The first-order valence-electron chi connectivity index (χ1n) is 7.89. The summed E-state index contributed by atoms with van der Waals surface area (Å²) in [5, 5.41) is 11.7. The number of aliphatic carboxylic acids is 1. The SMILES string of the molecule is CCCC(CCNC(=O)N1CCOC(C)C1)CCC(=O)O. The van der Waals surface area contributed by atoms with Crippen molar-refractivity contribution < 1.29 is 19.4 Å². The maximum Gasteiger partial charge on any atom is 0.317 e. The Labute approximate surface area is 126 Å². The van der Waals surface area contributed by atoms with E-state index < -0.39 is 5.97 Å². The average molecular weight is 300 g/mol. The van der Waals surface area contributed by atoms with Crippen LogP contribution < -0.4 is 5.32 Å². The zero-order chi connectivity index (χ0) is 15.7. The molecule has 2 atom stereocenters. The van der Waals surface area contributed by atoms with Gasteiger partial charge in [-0.25, -0.2) is 4.79 Å². The van der Waals surface area contributed by atoms with E-state index >= 15 is 0 Å². The second-order valence-electron chi connectivity index (χ2n) is 5.74. The number of hydrogen-bond acceptors (Lipinski definition) is 3. The third kappa shape index (κ3) is 7.32. The van der Waals surface area contributed by atoms with E-state index in [-0.39, 0.29) is 18.6 Å². The van der Waals surface area contributed by atoms with Crippen molar-refractivity contribution in [2.24, 2.45) is 5.92 Å². The molecule has 0 aromatic carbocycles. The molecule has 1 aliphatic heterocycles. The highest BCUT2D eigenvalue weighted by atomic mass is 16.5. The Morgan fingerprint density at radius 1 is 1.38 bits per heavy atom. The lowest BCUT2D eigenvalue weighted by Crippen LogP contribution is -2.49. The number of urea groups is 1. The molecule has 6 heteroatoms. The molecule has 2 N–H and O–H groups in total. The number of carboxylic acids is 1. The van der Waals surface area contributed by atoms with Crippen LogP contribution in [-0.2, 0) is 9.53 Å². The fraction of sp³-hybridized carbons (Fsp3) is 0.867. The van der Waals surface area contributed by atoms with Crippen molar-refractivity contribution in [1.82, 2.24) is 10.2 Å². The second-order valence-corrected chi connectivity index (χ2v) is 5.74. The maximum atomic E-state index is 12.0. The molecular formula is C15H28N2O4. The summed E-state index contributed by atoms with van der Waals surface area (Å²) in [4.78, 5) is 24.4. The van der Waals surface area contributed by atoms with Gasteiger partial charge in [0.05, 0.1) is 12.7 Å². The first kappa shape index (κ1) is 17.8. The van der Waals surface area contributed by atoms with Crippen molar-refractivity contribution in [3.63, 3.8) is 0 Å². The lowest BCUT2D eigenvalue weighted by atomic mass is 9.94. The van der Waals surface area contributed by atoms with Gasteiger partial charge in [-0.3, -0.25) is 4.79 Å². The van der Waals surface area contributed by atoms with Crippen LogP contribution in [0, 0.1) is 5.92 Å². The minimum absolute atomic E-state index is 0.0429. The Balaban J connectivity index is 2.25. The molecule has 0 spiro atoms. The van der Waals surface area contributed by atoms with E-state index in [2.05, 4.69) is 12.2 Å². The number of ether oxygens (including phenoxy) is 1. The number of morpholine rings is 1. The smallest absolute Gasteiger partial charge is 0.317 e. The van der Waals surface area contributed by atoms with Crippen LogP contribution in [0.5, 0.6) is 0 Å². The highest BCUT2D eigenvalue weighted by molar-refractivity contribution is 5.74. The normalized spacial score (nSPS) is 20.1. The van der Waals surface area contributed by atoms with Gasteiger partial charge in [-0.05, 0) is 25.7 Å². The molecule has 0 aliphatic carbocycles. The molecule has 0 bridgehead atoms. The summed E-state index contributed by atoms with van der Waals surface area (Å²) in [5.74, 6) is -0.377. The van der Waals surface area contributed by atoms with E-state index in [0.717, 1.165) is 19.3 Å². The predicted molar refractivity (Wildman–Crippen MR) is 80.3 cm³/mol. The predicted octanol–water partition coefficient (Wildman–Crippen LogP) is 2.09. The first-order valence-corrected chi connectivity index (χ1v) is 7.89. The molecule has 21 heavy (non-hydrogen) atoms. The summed E-state index contributed by atoms with van der Waals surface area (Å²) in [6.07, 6.45) is 3.88. The maximum absolute atomic E-state index is 12.0. The van der Waals surface area contributed by atoms with Gasteiger partial charge < -0.3 is 20.1 Å². The molecule has 2 amide bonds. The minimum atomic E-state index is -0.748. The summed E-state index contributed by atoms with van der Waals surface area (Å²) in [6.45, 7) is 6.52. The molecule has 6 nitrogen and oxygen atoms in total. The average Bonchev–Trinajstić information content (AvgIpc) is 2.44. The Hall–Kier alpha value is -1.30. The van der Waals surface area contributed by atoms with Crippen molar-refractivity contribution in [1.29, 1.82) is 0 Å². The van der Waals surface area contributed by atoms with Gasteiger partial charge in [0.15, 0.2) is 0 Å². The van der Waals surface area contributed by atoms with E-state index in [1.54, 1.807) is 4.90 Å². The zero-order valence-corrected chi connectivity index (χ0v) is 13.1. The largest absolute Gasteiger partial charge is 0.481 e. The van der Waals surface area contributed by atoms with Crippen LogP contribution in [0.2, 0.25) is 0 Å². The van der Waals surface area contributed by atoms with Gasteiger partial charge in [0.2, 0.25) is 0 Å². The van der Waals surface area contributed by atoms with Crippen molar-refractivity contribution in [3.8, 4) is 0 Å². The second kappa shape index (κ2) is 9.60. The lowest BCUT2D eigenvalue weighted by Gasteiger charge is -2.31. The van der Waals surface area contributed by atoms with E-state index in [9.17, 15) is 9.59 Å². The molecule has 1 aliphatic rings. The molecule has 1 fully saturated rings. The number of rotatable bonds is 8. The summed E-state index contributed by atoms with van der Waals surface area (Å²) in [7, 11) is 0. The van der Waals surface area contributed by atoms with Crippen LogP contribution in [0.1, 0.15) is 46.0 Å². The third-order valence-electron chi connectivity index (χ3n) is 3.82. The van der Waals surface area contributed by atoms with Crippen LogP contribution in [0.3, 0.4) is 0 Å². The van der Waals surface area contributed by atoms with Gasteiger partial charge in [0, 0.05) is 26.1 Å². The molecule has 1 rings (SSSR count). The van der Waals surface area contributed by atoms with E-state index in [1.165, 1.54) is 0 Å². The highest BCUT2D eigenvalue weighted by Crippen LogP contribution is 2.17. The molecule has 0 aromatic rings. The number of carbonyl (C=O) groups excluding carboxylic acids is 1. The van der Waals surface area contributed by atoms with Crippen LogP contribution in [-0.4, -0.2) is 54.4 Å². The quantitative estimate of drug-likeness (QED) is 0.719. The Kier molecular flexibility index (Phi) is 8.12. The van der Waals surface area contributed by atoms with Crippen molar-refractivity contribution in [2.75, 3.05) is 26.2 Å². The lowest BCUT2D eigenvalue weighted by molar-refractivity contribution is -0.137. The molecule has 1 heterocycles. The van der Waals surface area contributed by atoms with E-state index in [0.29, 0.717) is 38.6 Å². The number of carbonyl (C=O) groups is 2. The standard InChI is InChI=1S/C15H28N2O4/c1-3-4-13(5-6-14(18)19)7-8-16-15(20)17-9-10-21-12(2)11-17/h12-13H,3-11H2,1-2H3,(H,16,20)(H,18,19). The number of amides is 2. The van der Waals surface area contributed by atoms with Gasteiger partial charge in [0.1, 0.15) is 0 Å². The Morgan fingerprint density at radius 3 is 2.76 bits per heavy atom. The molecule has 0 radical (unpaired) electrons. The van der Waals surface area contributed by atoms with Crippen molar-refractivity contribution >= 4 is 12.0 Å². The molecule has 122 valence electrons. The topological polar surface area (TPSA) is 78.9 Å². The Bertz CT molecular complexity index is 336. The number of nitrogens with one attached hydrogen (secondary N) is 1. The fourth-order valence-corrected chi connectivity index (χ4v) is 2.67. The summed E-state index contributed by atoms with van der Waals surface area (Å²) in [5.41, 5.74) is 0. The van der Waals surface area contributed by atoms with E-state index in [1.807, 2.05) is 6.92 Å². The van der Waals surface area contributed by atoms with Gasteiger partial charge in [0.25, 0.3) is 0 Å². The van der Waals surface area contributed by atoms with Gasteiger partial charge in [-0.1, -0.05) is 19.8 Å². The minimum Gasteiger partial charge on any atom is -0.481 e. The van der Waals surface area contributed by atoms with Gasteiger partial charge in [-0.2, -0.15) is 0 Å². The third-order valence-corrected chi connectivity index (χ3v) is 3.82. The number of hydrogen-bond donors (Lipinski definition) is 2. The van der Waals surface area contributed by atoms with Gasteiger partial charge in [-0.15, -0.1) is 0 Å². The fourth-order valence-electron chi connectivity index (χ4n) is 2.67. The Morgan fingerprint density at radius 2 is 2.14 bits per heavy atom. The van der Waals surface area contributed by atoms with Crippen LogP contribution in [0.25, 0.3) is 0 Å². The van der Waals surface area contributed by atoms with Crippen molar-refractivity contribution in [2.45, 2.75) is 52.1 Å². The van der Waals surface area contributed by atoms with Crippen molar-refractivity contribution in [3.05, 3.63) is 0 Å². The first-order chi connectivity index (χ1) is 10.0. The monoisotopic (exact) mass is 300 g/mol. The zero-order valence-electron chi connectivity index (χ0n) is 13.1. The molecule has 2 unspecified atom stereocenters. The van der Waals surface area contributed by atoms with Crippen LogP contribution >= 0.6 is 0 Å².